The van der Waals surface area contributed by atoms with Gasteiger partial charge in [0.25, 0.3) is 0 Å². The second-order valence-electron chi connectivity index (χ2n) is 7.19. The summed E-state index contributed by atoms with van der Waals surface area (Å²) in [5.41, 5.74) is 1.97. The van der Waals surface area contributed by atoms with Crippen molar-refractivity contribution in [3.63, 3.8) is 0 Å². The fraction of sp³-hybridized carbons (Fsp3) is 0.474. The van der Waals surface area contributed by atoms with Gasteiger partial charge in [0.1, 0.15) is 0 Å². The number of carbonyl (C=O) groups excluding carboxylic acids is 1. The van der Waals surface area contributed by atoms with E-state index in [0.29, 0.717) is 18.5 Å². The van der Waals surface area contributed by atoms with Gasteiger partial charge in [0.15, 0.2) is 0 Å². The van der Waals surface area contributed by atoms with Crippen molar-refractivity contribution < 1.29 is 4.79 Å². The van der Waals surface area contributed by atoms with Crippen LogP contribution in [0.1, 0.15) is 18.4 Å². The van der Waals surface area contributed by atoms with Crippen molar-refractivity contribution in [2.75, 3.05) is 32.0 Å². The van der Waals surface area contributed by atoms with Crippen molar-refractivity contribution >= 4 is 11.7 Å². The molecule has 132 valence electrons. The maximum absolute atomic E-state index is 12.8. The van der Waals surface area contributed by atoms with E-state index < -0.39 is 0 Å². The lowest BCUT2D eigenvalue weighted by Crippen LogP contribution is -2.49. The molecule has 6 nitrogen and oxygen atoms in total. The SMILES string of the molecule is CN1CC[C@@H]2CCN(C(=O)Nc3cccc(Cn4cccn4)c3)[C@@H]2C1. The number of rotatable bonds is 3. The van der Waals surface area contributed by atoms with Gasteiger partial charge in [-0.2, -0.15) is 5.10 Å². The minimum Gasteiger partial charge on any atom is -0.320 e. The summed E-state index contributed by atoms with van der Waals surface area (Å²) in [4.78, 5) is 17.1. The third kappa shape index (κ3) is 3.54. The molecule has 0 radical (unpaired) electrons. The molecule has 1 N–H and O–H groups in total. The Hall–Kier alpha value is -2.34. The third-order valence-electron chi connectivity index (χ3n) is 5.41. The number of carbonyl (C=O) groups is 1. The van der Waals surface area contributed by atoms with Crippen molar-refractivity contribution in [3.05, 3.63) is 48.3 Å². The number of nitrogens with one attached hydrogen (secondary N) is 1. The number of urea groups is 1. The molecule has 2 amide bonds. The van der Waals surface area contributed by atoms with Crippen molar-refractivity contribution in [3.8, 4) is 0 Å². The van der Waals surface area contributed by atoms with E-state index in [0.717, 1.165) is 37.3 Å². The van der Waals surface area contributed by atoms with Crippen molar-refractivity contribution in [1.82, 2.24) is 19.6 Å². The Labute approximate surface area is 148 Å². The van der Waals surface area contributed by atoms with Crippen LogP contribution >= 0.6 is 0 Å². The second kappa shape index (κ2) is 6.88. The molecule has 0 spiro atoms. The molecule has 4 rings (SSSR count). The van der Waals surface area contributed by atoms with E-state index in [1.54, 1.807) is 6.20 Å². The lowest BCUT2D eigenvalue weighted by molar-refractivity contribution is 0.137. The number of likely N-dealkylation sites (tertiary alicyclic amines) is 2. The van der Waals surface area contributed by atoms with Gasteiger partial charge in [-0.1, -0.05) is 12.1 Å². The number of nitrogens with zero attached hydrogens (tertiary/aromatic N) is 4. The van der Waals surface area contributed by atoms with Crippen molar-refractivity contribution in [2.24, 2.45) is 5.92 Å². The molecule has 2 fully saturated rings. The fourth-order valence-electron chi connectivity index (χ4n) is 4.07. The number of hydrogen-bond acceptors (Lipinski definition) is 3. The highest BCUT2D eigenvalue weighted by Crippen LogP contribution is 2.31. The molecule has 6 heteroatoms. The van der Waals surface area contributed by atoms with Crippen LogP contribution in [0.2, 0.25) is 0 Å². The number of anilines is 1. The van der Waals surface area contributed by atoms with Gasteiger partial charge in [0.05, 0.1) is 6.54 Å². The van der Waals surface area contributed by atoms with Crippen LogP contribution in [0.3, 0.4) is 0 Å². The van der Waals surface area contributed by atoms with Gasteiger partial charge < -0.3 is 15.1 Å². The zero-order chi connectivity index (χ0) is 17.2. The average molecular weight is 339 g/mol. The number of likely N-dealkylation sites (N-methyl/N-ethyl adjacent to an activating group) is 1. The fourth-order valence-corrected chi connectivity index (χ4v) is 4.07. The van der Waals surface area contributed by atoms with E-state index in [1.807, 2.05) is 40.0 Å². The molecule has 2 aliphatic rings. The molecule has 2 atom stereocenters. The van der Waals surface area contributed by atoms with Crippen LogP contribution in [-0.2, 0) is 6.54 Å². The quantitative estimate of drug-likeness (QED) is 0.935. The summed E-state index contributed by atoms with van der Waals surface area (Å²) in [6.45, 7) is 3.70. The molecule has 2 aliphatic heterocycles. The predicted molar refractivity (Wildman–Crippen MR) is 97.5 cm³/mol. The van der Waals surface area contributed by atoms with E-state index >= 15 is 0 Å². The standard InChI is InChI=1S/C19H25N5O/c1-22-10-6-16-7-11-24(18(16)14-22)19(25)21-17-5-2-4-15(12-17)13-23-9-3-8-20-23/h2-5,8-9,12,16,18H,6-7,10-11,13-14H2,1H3,(H,21,25)/t16-,18-/m1/s1. The van der Waals surface area contributed by atoms with Crippen LogP contribution in [0.4, 0.5) is 10.5 Å². The van der Waals surface area contributed by atoms with E-state index in [1.165, 1.54) is 6.42 Å². The van der Waals surface area contributed by atoms with Gasteiger partial charge in [-0.15, -0.1) is 0 Å². The Morgan fingerprint density at radius 1 is 1.28 bits per heavy atom. The Kier molecular flexibility index (Phi) is 4.44. The lowest BCUT2D eigenvalue weighted by atomic mass is 9.92. The third-order valence-corrected chi connectivity index (χ3v) is 5.41. The number of hydrogen-bond donors (Lipinski definition) is 1. The normalized spacial score (nSPS) is 23.5. The smallest absolute Gasteiger partial charge is 0.320 e. The van der Waals surface area contributed by atoms with Gasteiger partial charge in [0, 0.05) is 37.2 Å². The molecule has 2 saturated heterocycles. The Morgan fingerprint density at radius 2 is 2.16 bits per heavy atom. The number of amides is 2. The van der Waals surface area contributed by atoms with Gasteiger partial charge in [0.2, 0.25) is 0 Å². The molecule has 2 aromatic rings. The average Bonchev–Trinajstić information content (AvgIpc) is 3.24. The summed E-state index contributed by atoms with van der Waals surface area (Å²) in [6, 6.07) is 10.3. The van der Waals surface area contributed by atoms with Gasteiger partial charge in [-0.25, -0.2) is 4.79 Å². The molecule has 0 bridgehead atoms. The predicted octanol–water partition coefficient (Wildman–Crippen LogP) is 2.49. The monoisotopic (exact) mass is 339 g/mol. The minimum atomic E-state index is 0.0269. The highest BCUT2D eigenvalue weighted by Gasteiger charge is 2.39. The Balaban J connectivity index is 1.42. The highest BCUT2D eigenvalue weighted by atomic mass is 16.2. The van der Waals surface area contributed by atoms with Crippen LogP contribution in [0.25, 0.3) is 0 Å². The zero-order valence-electron chi connectivity index (χ0n) is 14.6. The van der Waals surface area contributed by atoms with Crippen LogP contribution in [0.5, 0.6) is 0 Å². The van der Waals surface area contributed by atoms with Crippen LogP contribution in [0, 0.1) is 5.92 Å². The largest absolute Gasteiger partial charge is 0.322 e. The maximum atomic E-state index is 12.8. The molecule has 0 saturated carbocycles. The molecule has 0 aliphatic carbocycles. The van der Waals surface area contributed by atoms with Crippen LogP contribution in [-0.4, -0.2) is 58.3 Å². The molecule has 0 unspecified atom stereocenters. The van der Waals surface area contributed by atoms with Crippen LogP contribution in [0.15, 0.2) is 42.7 Å². The van der Waals surface area contributed by atoms with Gasteiger partial charge in [-0.3, -0.25) is 4.68 Å². The van der Waals surface area contributed by atoms with Gasteiger partial charge in [-0.05, 0) is 56.1 Å². The first-order valence-electron chi connectivity index (χ1n) is 9.01. The topological polar surface area (TPSA) is 53.4 Å². The van der Waals surface area contributed by atoms with Crippen molar-refractivity contribution in [2.45, 2.75) is 25.4 Å². The first kappa shape index (κ1) is 16.1. The summed E-state index contributed by atoms with van der Waals surface area (Å²) >= 11 is 0. The molecular formula is C19H25N5O. The Bertz CT molecular complexity index is 729. The number of aromatic nitrogens is 2. The summed E-state index contributed by atoms with van der Waals surface area (Å²) in [7, 11) is 2.14. The minimum absolute atomic E-state index is 0.0269. The second-order valence-corrected chi connectivity index (χ2v) is 7.19. The number of benzene rings is 1. The summed E-state index contributed by atoms with van der Waals surface area (Å²) < 4.78 is 1.88. The summed E-state index contributed by atoms with van der Waals surface area (Å²) in [5, 5.41) is 7.32. The number of fused-ring (bicyclic) bond motifs is 1. The Morgan fingerprint density at radius 3 is 3.00 bits per heavy atom. The molecule has 25 heavy (non-hydrogen) atoms. The van der Waals surface area contributed by atoms with Crippen molar-refractivity contribution in [1.29, 1.82) is 0 Å². The van der Waals surface area contributed by atoms with E-state index in [4.69, 9.17) is 0 Å². The first-order chi connectivity index (χ1) is 12.2. The van der Waals surface area contributed by atoms with Crippen LogP contribution < -0.4 is 5.32 Å². The van der Waals surface area contributed by atoms with E-state index in [9.17, 15) is 4.79 Å². The molecule has 3 heterocycles. The van der Waals surface area contributed by atoms with E-state index in [2.05, 4.69) is 28.4 Å². The number of piperidine rings is 1. The maximum Gasteiger partial charge on any atom is 0.322 e. The van der Waals surface area contributed by atoms with E-state index in [-0.39, 0.29) is 6.03 Å². The molecular weight excluding hydrogens is 314 g/mol. The summed E-state index contributed by atoms with van der Waals surface area (Å²) in [5.74, 6) is 0.660. The summed E-state index contributed by atoms with van der Waals surface area (Å²) in [6.07, 6.45) is 6.04. The highest BCUT2D eigenvalue weighted by molar-refractivity contribution is 5.89. The zero-order valence-corrected chi connectivity index (χ0v) is 14.6. The molecule has 1 aromatic heterocycles. The first-order valence-corrected chi connectivity index (χ1v) is 9.01. The molecule has 1 aromatic carbocycles. The lowest BCUT2D eigenvalue weighted by Gasteiger charge is -2.36. The van der Waals surface area contributed by atoms with Gasteiger partial charge >= 0.3 is 6.03 Å².